The molecule has 0 unspecified atom stereocenters. The highest BCUT2D eigenvalue weighted by molar-refractivity contribution is 7.97. The van der Waals surface area contributed by atoms with Gasteiger partial charge < -0.3 is 5.11 Å². The van der Waals surface area contributed by atoms with E-state index in [0.29, 0.717) is 16.6 Å². The molecule has 3 rings (SSSR count). The first-order valence-corrected chi connectivity index (χ1v) is 7.30. The highest BCUT2D eigenvalue weighted by Gasteiger charge is 2.28. The number of aromatic hydroxyl groups is 1. The van der Waals surface area contributed by atoms with Gasteiger partial charge in [0.15, 0.2) is 4.90 Å². The summed E-state index contributed by atoms with van der Waals surface area (Å²) in [4.78, 5) is 1.45. The summed E-state index contributed by atoms with van der Waals surface area (Å²) in [5.74, 6) is 3.03. The van der Waals surface area contributed by atoms with Crippen LogP contribution in [0.4, 0.5) is 0 Å². The lowest BCUT2D eigenvalue weighted by atomic mass is 10.1. The second-order valence-electron chi connectivity index (χ2n) is 4.27. The predicted octanol–water partition coefficient (Wildman–Crippen LogP) is 3.32. The lowest BCUT2D eigenvalue weighted by Gasteiger charge is -2.05. The third kappa shape index (κ3) is 1.67. The van der Waals surface area contributed by atoms with Gasteiger partial charge >= 0.3 is 0 Å². The van der Waals surface area contributed by atoms with Gasteiger partial charge in [-0.25, -0.2) is 0 Å². The minimum absolute atomic E-state index is 0.378. The van der Waals surface area contributed by atoms with E-state index in [9.17, 15) is 5.11 Å². The Kier molecular flexibility index (Phi) is 2.52. The van der Waals surface area contributed by atoms with Crippen molar-refractivity contribution < 1.29 is 5.11 Å². The molecule has 1 aliphatic rings. The van der Waals surface area contributed by atoms with Crippen LogP contribution >= 0.6 is 0 Å². The average molecular weight is 231 g/mol. The van der Waals surface area contributed by atoms with E-state index in [1.807, 2.05) is 12.1 Å². The third-order valence-electron chi connectivity index (χ3n) is 3.17. The van der Waals surface area contributed by atoms with Crippen molar-refractivity contribution in [1.29, 1.82) is 0 Å². The maximum absolute atomic E-state index is 9.60. The van der Waals surface area contributed by atoms with Crippen molar-refractivity contribution in [2.24, 2.45) is 0 Å². The Hall–Kier alpha value is -1.15. The molecule has 1 saturated heterocycles. The van der Waals surface area contributed by atoms with Gasteiger partial charge in [0.25, 0.3) is 0 Å². The van der Waals surface area contributed by atoms with Gasteiger partial charge in [-0.2, -0.15) is 0 Å². The average Bonchev–Trinajstić information content (AvgIpc) is 2.81. The molecule has 0 atom stereocenters. The summed E-state index contributed by atoms with van der Waals surface area (Å²) < 4.78 is 0. The zero-order valence-electron chi connectivity index (χ0n) is 9.15. The molecule has 0 radical (unpaired) electrons. The fourth-order valence-corrected chi connectivity index (χ4v) is 4.87. The van der Waals surface area contributed by atoms with E-state index in [-0.39, 0.29) is 0 Å². The standard InChI is InChI=1S/C14H14OS/c15-12-7-6-11-4-3-5-14(13(11)10-12)16-8-1-2-9-16/h3-7,10H,1-2,8-9H2/p+1. The summed E-state index contributed by atoms with van der Waals surface area (Å²) in [5.41, 5.74) is 0. The number of phenolic OH excluding ortho intramolecular Hbond substituents is 1. The number of rotatable bonds is 1. The Labute approximate surface area is 98.5 Å². The van der Waals surface area contributed by atoms with Gasteiger partial charge in [0.1, 0.15) is 17.3 Å². The van der Waals surface area contributed by atoms with E-state index in [1.54, 1.807) is 6.07 Å². The van der Waals surface area contributed by atoms with Crippen molar-refractivity contribution in [1.82, 2.24) is 0 Å². The Morgan fingerprint density at radius 1 is 1.00 bits per heavy atom. The highest BCUT2D eigenvalue weighted by Crippen LogP contribution is 2.31. The molecule has 0 amide bonds. The topological polar surface area (TPSA) is 20.2 Å². The van der Waals surface area contributed by atoms with Crippen LogP contribution in [-0.2, 0) is 10.9 Å². The first kappa shape index (κ1) is 10.0. The van der Waals surface area contributed by atoms with Crippen LogP contribution in [-0.4, -0.2) is 16.6 Å². The van der Waals surface area contributed by atoms with Gasteiger partial charge in [-0.05, 0) is 36.4 Å². The zero-order chi connectivity index (χ0) is 11.0. The van der Waals surface area contributed by atoms with Crippen molar-refractivity contribution in [3.63, 3.8) is 0 Å². The summed E-state index contributed by atoms with van der Waals surface area (Å²) in [5, 5.41) is 12.1. The molecule has 1 N–H and O–H groups in total. The van der Waals surface area contributed by atoms with Crippen LogP contribution in [0, 0.1) is 0 Å². The lowest BCUT2D eigenvalue weighted by molar-refractivity contribution is 0.476. The number of fused-ring (bicyclic) bond motifs is 1. The summed E-state index contributed by atoms with van der Waals surface area (Å²) in [6, 6.07) is 12.2. The van der Waals surface area contributed by atoms with Crippen LogP contribution in [0.15, 0.2) is 41.3 Å². The van der Waals surface area contributed by atoms with E-state index >= 15 is 0 Å². The van der Waals surface area contributed by atoms with Crippen LogP contribution in [0.5, 0.6) is 5.75 Å². The molecule has 2 aromatic carbocycles. The third-order valence-corrected chi connectivity index (χ3v) is 5.71. The normalized spacial score (nSPS) is 17.0. The number of phenols is 1. The molecule has 0 saturated carbocycles. The van der Waals surface area contributed by atoms with Crippen LogP contribution in [0.1, 0.15) is 12.8 Å². The second-order valence-corrected chi connectivity index (χ2v) is 6.51. The Balaban J connectivity index is 2.18. The van der Waals surface area contributed by atoms with E-state index in [0.717, 1.165) is 0 Å². The van der Waals surface area contributed by atoms with Crippen LogP contribution in [0.25, 0.3) is 10.8 Å². The second kappa shape index (κ2) is 4.02. The van der Waals surface area contributed by atoms with Crippen LogP contribution in [0.2, 0.25) is 0 Å². The predicted molar refractivity (Wildman–Crippen MR) is 70.2 cm³/mol. The van der Waals surface area contributed by atoms with Gasteiger partial charge in [0.05, 0.1) is 0 Å². The van der Waals surface area contributed by atoms with Crippen molar-refractivity contribution in [2.45, 2.75) is 17.7 Å². The van der Waals surface area contributed by atoms with Crippen molar-refractivity contribution in [2.75, 3.05) is 11.5 Å². The SMILES string of the molecule is Oc1ccc2cccc([S+]3CCCC3)c2c1. The molecular weight excluding hydrogens is 216 g/mol. The highest BCUT2D eigenvalue weighted by atomic mass is 32.2. The van der Waals surface area contributed by atoms with Gasteiger partial charge in [-0.15, -0.1) is 0 Å². The van der Waals surface area contributed by atoms with Crippen molar-refractivity contribution in [3.05, 3.63) is 36.4 Å². The fraction of sp³-hybridized carbons (Fsp3) is 0.286. The van der Waals surface area contributed by atoms with Gasteiger partial charge in [0, 0.05) is 16.3 Å². The van der Waals surface area contributed by atoms with Crippen molar-refractivity contribution >= 4 is 21.7 Å². The number of benzene rings is 2. The van der Waals surface area contributed by atoms with Gasteiger partial charge in [-0.3, -0.25) is 0 Å². The molecule has 1 heterocycles. The molecule has 2 heteroatoms. The maximum atomic E-state index is 9.60. The summed E-state index contributed by atoms with van der Waals surface area (Å²) >= 11 is 0. The molecule has 0 bridgehead atoms. The molecule has 0 spiro atoms. The molecule has 1 nitrogen and oxygen atoms in total. The summed E-state index contributed by atoms with van der Waals surface area (Å²) in [6.45, 7) is 0. The van der Waals surface area contributed by atoms with Crippen molar-refractivity contribution in [3.8, 4) is 5.75 Å². The fourth-order valence-electron chi connectivity index (χ4n) is 2.36. The molecule has 82 valence electrons. The molecule has 16 heavy (non-hydrogen) atoms. The van der Waals surface area contributed by atoms with Crippen LogP contribution in [0.3, 0.4) is 0 Å². The van der Waals surface area contributed by atoms with Crippen LogP contribution < -0.4 is 0 Å². The van der Waals surface area contributed by atoms with E-state index in [4.69, 9.17) is 0 Å². The largest absolute Gasteiger partial charge is 0.508 e. The Bertz CT molecular complexity index is 515. The number of hydrogen-bond acceptors (Lipinski definition) is 1. The molecule has 2 aromatic rings. The molecule has 0 aliphatic carbocycles. The summed E-state index contributed by atoms with van der Waals surface area (Å²) in [6.07, 6.45) is 2.72. The van der Waals surface area contributed by atoms with E-state index in [1.165, 1.54) is 40.0 Å². The zero-order valence-corrected chi connectivity index (χ0v) is 9.96. The first-order chi connectivity index (χ1) is 7.84. The smallest absolute Gasteiger partial charge is 0.162 e. The Morgan fingerprint density at radius 2 is 1.81 bits per heavy atom. The monoisotopic (exact) mass is 231 g/mol. The van der Waals surface area contributed by atoms with Gasteiger partial charge in [0.2, 0.25) is 0 Å². The molecule has 1 fully saturated rings. The molecular formula is C14H15OS+. The van der Waals surface area contributed by atoms with E-state index < -0.39 is 0 Å². The molecule has 0 aromatic heterocycles. The Morgan fingerprint density at radius 3 is 2.62 bits per heavy atom. The number of hydrogen-bond donors (Lipinski definition) is 1. The first-order valence-electron chi connectivity index (χ1n) is 5.74. The maximum Gasteiger partial charge on any atom is 0.162 e. The van der Waals surface area contributed by atoms with Gasteiger partial charge in [-0.1, -0.05) is 18.2 Å². The van der Waals surface area contributed by atoms with E-state index in [2.05, 4.69) is 18.2 Å². The minimum atomic E-state index is 0.378. The lowest BCUT2D eigenvalue weighted by Crippen LogP contribution is -2.04. The summed E-state index contributed by atoms with van der Waals surface area (Å²) in [7, 11) is 0.415. The quantitative estimate of drug-likeness (QED) is 0.746. The molecule has 1 aliphatic heterocycles. The minimum Gasteiger partial charge on any atom is -0.508 e.